The van der Waals surface area contributed by atoms with E-state index in [-0.39, 0.29) is 24.0 Å². The second kappa shape index (κ2) is 11.4. The lowest BCUT2D eigenvalue weighted by Crippen LogP contribution is -2.42. The third-order valence-electron chi connectivity index (χ3n) is 5.96. The Kier molecular flexibility index (Phi) is 8.86. The smallest absolute Gasteiger partial charge is 0.193 e. The number of rotatable bonds is 6. The van der Waals surface area contributed by atoms with E-state index in [0.717, 1.165) is 89.6 Å². The predicted molar refractivity (Wildman–Crippen MR) is 128 cm³/mol. The van der Waals surface area contributed by atoms with Crippen molar-refractivity contribution >= 4 is 29.9 Å². The molecule has 0 radical (unpaired) electrons. The summed E-state index contributed by atoms with van der Waals surface area (Å²) in [5.41, 5.74) is 2.70. The number of hydrogen-bond acceptors (Lipinski definition) is 4. The van der Waals surface area contributed by atoms with E-state index in [9.17, 15) is 0 Å². The first-order valence-electron chi connectivity index (χ1n) is 10.9. The Labute approximate surface area is 192 Å². The third kappa shape index (κ3) is 6.21. The minimum atomic E-state index is 0. The molecule has 0 aromatic heterocycles. The molecular weight excluding hydrogens is 479 g/mol. The highest BCUT2D eigenvalue weighted by atomic mass is 127. The van der Waals surface area contributed by atoms with Gasteiger partial charge in [-0.2, -0.15) is 0 Å². The van der Waals surface area contributed by atoms with Crippen molar-refractivity contribution in [1.82, 2.24) is 15.1 Å². The molecular formula is C22H35IN4O2. The molecule has 1 aromatic carbocycles. The highest BCUT2D eigenvalue weighted by Gasteiger charge is 2.27. The minimum absolute atomic E-state index is 0. The maximum Gasteiger partial charge on any atom is 0.193 e. The van der Waals surface area contributed by atoms with Crippen LogP contribution in [0.5, 0.6) is 5.75 Å². The van der Waals surface area contributed by atoms with Gasteiger partial charge in [-0.05, 0) is 42.9 Å². The van der Waals surface area contributed by atoms with Crippen molar-refractivity contribution < 1.29 is 9.47 Å². The van der Waals surface area contributed by atoms with Gasteiger partial charge in [0, 0.05) is 52.2 Å². The number of likely N-dealkylation sites (tertiary alicyclic amines) is 1. The molecule has 0 saturated carbocycles. The van der Waals surface area contributed by atoms with Crippen LogP contribution in [0.1, 0.15) is 24.5 Å². The summed E-state index contributed by atoms with van der Waals surface area (Å²) in [4.78, 5) is 9.94. The summed E-state index contributed by atoms with van der Waals surface area (Å²) in [6.45, 7) is 12.1. The Morgan fingerprint density at radius 2 is 2.07 bits per heavy atom. The average molecular weight is 514 g/mol. The van der Waals surface area contributed by atoms with Gasteiger partial charge in [0.2, 0.25) is 0 Å². The lowest BCUT2D eigenvalue weighted by molar-refractivity contribution is 0.0315. The first kappa shape index (κ1) is 22.6. The predicted octanol–water partition coefficient (Wildman–Crippen LogP) is 2.40. The van der Waals surface area contributed by atoms with Crippen molar-refractivity contribution in [3.05, 3.63) is 29.3 Å². The van der Waals surface area contributed by atoms with Gasteiger partial charge in [-0.25, -0.2) is 0 Å². The lowest BCUT2D eigenvalue weighted by Gasteiger charge is -2.29. The first-order chi connectivity index (χ1) is 13.8. The summed E-state index contributed by atoms with van der Waals surface area (Å²) in [5, 5.41) is 3.50. The zero-order chi connectivity index (χ0) is 19.2. The van der Waals surface area contributed by atoms with E-state index in [2.05, 4.69) is 40.2 Å². The van der Waals surface area contributed by atoms with E-state index in [1.54, 1.807) is 0 Å². The molecule has 6 nitrogen and oxygen atoms in total. The first-order valence-corrected chi connectivity index (χ1v) is 10.9. The third-order valence-corrected chi connectivity index (χ3v) is 5.96. The van der Waals surface area contributed by atoms with Crippen LogP contribution in [0.2, 0.25) is 0 Å². The Hall–Kier alpha value is -1.06. The molecule has 0 aliphatic carbocycles. The number of nitrogens with zero attached hydrogens (tertiary/aromatic N) is 3. The maximum atomic E-state index is 5.61. The SMILES string of the molecule is CCNC(=NCCc1ccc2c(c1)CCO2)N1CCC(CN2CCOCC2)C1.I. The highest BCUT2D eigenvalue weighted by Crippen LogP contribution is 2.26. The molecule has 162 valence electrons. The van der Waals surface area contributed by atoms with Crippen LogP contribution in [0.15, 0.2) is 23.2 Å². The fraction of sp³-hybridized carbons (Fsp3) is 0.682. The van der Waals surface area contributed by atoms with Crippen LogP contribution in [0, 0.1) is 5.92 Å². The molecule has 0 amide bonds. The summed E-state index contributed by atoms with van der Waals surface area (Å²) >= 11 is 0. The molecule has 3 heterocycles. The van der Waals surface area contributed by atoms with Crippen molar-refractivity contribution in [2.24, 2.45) is 10.9 Å². The minimum Gasteiger partial charge on any atom is -0.493 e. The van der Waals surface area contributed by atoms with E-state index in [0.29, 0.717) is 0 Å². The molecule has 3 aliphatic rings. The van der Waals surface area contributed by atoms with Crippen LogP contribution < -0.4 is 10.1 Å². The number of guanidine groups is 1. The molecule has 0 spiro atoms. The van der Waals surface area contributed by atoms with Gasteiger partial charge < -0.3 is 19.7 Å². The Balaban J connectivity index is 0.00000240. The molecule has 2 saturated heterocycles. The highest BCUT2D eigenvalue weighted by molar-refractivity contribution is 14.0. The number of morpholine rings is 1. The van der Waals surface area contributed by atoms with E-state index in [1.165, 1.54) is 24.1 Å². The van der Waals surface area contributed by atoms with Gasteiger partial charge in [-0.15, -0.1) is 24.0 Å². The van der Waals surface area contributed by atoms with Crippen LogP contribution in [-0.2, 0) is 17.6 Å². The van der Waals surface area contributed by atoms with Gasteiger partial charge in [0.05, 0.1) is 19.8 Å². The number of nitrogens with one attached hydrogen (secondary N) is 1. The molecule has 1 atom stereocenters. The standard InChI is InChI=1S/C22H34N4O2.HI/c1-2-23-22(24-8-5-18-3-4-21-20(15-18)7-12-28-21)26-9-6-19(17-26)16-25-10-13-27-14-11-25;/h3-4,15,19H,2,5-14,16-17H2,1H3,(H,23,24);1H. The number of halogens is 1. The monoisotopic (exact) mass is 514 g/mol. The van der Waals surface area contributed by atoms with E-state index in [4.69, 9.17) is 14.5 Å². The van der Waals surface area contributed by atoms with Crippen molar-refractivity contribution in [2.75, 3.05) is 65.6 Å². The quantitative estimate of drug-likeness (QED) is 0.359. The van der Waals surface area contributed by atoms with Gasteiger partial charge >= 0.3 is 0 Å². The van der Waals surface area contributed by atoms with Crippen molar-refractivity contribution in [3.63, 3.8) is 0 Å². The summed E-state index contributed by atoms with van der Waals surface area (Å²) < 4.78 is 11.1. The van der Waals surface area contributed by atoms with Crippen molar-refractivity contribution in [2.45, 2.75) is 26.2 Å². The Morgan fingerprint density at radius 3 is 2.90 bits per heavy atom. The van der Waals surface area contributed by atoms with Crippen molar-refractivity contribution in [1.29, 1.82) is 0 Å². The van der Waals surface area contributed by atoms with Gasteiger partial charge in [0.15, 0.2) is 5.96 Å². The molecule has 29 heavy (non-hydrogen) atoms. The molecule has 3 aliphatic heterocycles. The fourth-order valence-electron chi connectivity index (χ4n) is 4.44. The second-order valence-corrected chi connectivity index (χ2v) is 8.04. The average Bonchev–Trinajstić information content (AvgIpc) is 3.37. The van der Waals surface area contributed by atoms with Gasteiger partial charge in [0.25, 0.3) is 0 Å². The topological polar surface area (TPSA) is 49.3 Å². The number of ether oxygens (including phenoxy) is 2. The zero-order valence-electron chi connectivity index (χ0n) is 17.6. The maximum absolute atomic E-state index is 5.61. The molecule has 1 aromatic rings. The van der Waals surface area contributed by atoms with Crippen LogP contribution in [-0.4, -0.2) is 81.4 Å². The van der Waals surface area contributed by atoms with E-state index < -0.39 is 0 Å². The molecule has 4 rings (SSSR count). The van der Waals surface area contributed by atoms with E-state index in [1.807, 2.05) is 0 Å². The van der Waals surface area contributed by atoms with Gasteiger partial charge in [-0.1, -0.05) is 12.1 Å². The molecule has 1 unspecified atom stereocenters. The van der Waals surface area contributed by atoms with Crippen LogP contribution >= 0.6 is 24.0 Å². The fourth-order valence-corrected chi connectivity index (χ4v) is 4.44. The normalized spacial score (nSPS) is 22.2. The summed E-state index contributed by atoms with van der Waals surface area (Å²) in [5.74, 6) is 2.87. The number of hydrogen-bond donors (Lipinski definition) is 1. The summed E-state index contributed by atoms with van der Waals surface area (Å²) in [7, 11) is 0. The van der Waals surface area contributed by atoms with Gasteiger partial charge in [0.1, 0.15) is 5.75 Å². The number of aliphatic imine (C=N–C) groups is 1. The lowest BCUT2D eigenvalue weighted by atomic mass is 10.1. The summed E-state index contributed by atoms with van der Waals surface area (Å²) in [6.07, 6.45) is 3.27. The molecule has 7 heteroatoms. The van der Waals surface area contributed by atoms with Crippen LogP contribution in [0.25, 0.3) is 0 Å². The largest absolute Gasteiger partial charge is 0.493 e. The van der Waals surface area contributed by atoms with Crippen molar-refractivity contribution in [3.8, 4) is 5.75 Å². The Morgan fingerprint density at radius 1 is 1.21 bits per heavy atom. The zero-order valence-corrected chi connectivity index (χ0v) is 19.9. The van der Waals surface area contributed by atoms with Crippen LogP contribution in [0.4, 0.5) is 0 Å². The molecule has 0 bridgehead atoms. The van der Waals surface area contributed by atoms with E-state index >= 15 is 0 Å². The van der Waals surface area contributed by atoms with Crippen LogP contribution in [0.3, 0.4) is 0 Å². The Bertz CT molecular complexity index is 679. The number of fused-ring (bicyclic) bond motifs is 1. The number of benzene rings is 1. The second-order valence-electron chi connectivity index (χ2n) is 8.04. The summed E-state index contributed by atoms with van der Waals surface area (Å²) in [6, 6.07) is 6.59. The molecule has 1 N–H and O–H groups in total. The molecule has 2 fully saturated rings. The van der Waals surface area contributed by atoms with Gasteiger partial charge in [-0.3, -0.25) is 9.89 Å².